The molecule has 1 aromatic rings. The molecule has 1 aromatic heterocycles. The normalized spacial score (nSPS) is 34.8. The van der Waals surface area contributed by atoms with Gasteiger partial charge in [0.25, 0.3) is 0 Å². The zero-order valence-corrected chi connectivity index (χ0v) is 6.33. The molecule has 0 amide bonds. The minimum atomic E-state index is -1.13. The number of aliphatic hydroxyl groups is 3. The second kappa shape index (κ2) is 2.55. The highest BCUT2D eigenvalue weighted by Gasteiger charge is 2.33. The van der Waals surface area contributed by atoms with Gasteiger partial charge in [-0.15, -0.1) is 0 Å². The summed E-state index contributed by atoms with van der Waals surface area (Å²) in [7, 11) is 0. The van der Waals surface area contributed by atoms with Crippen LogP contribution in [0.4, 0.5) is 0 Å². The van der Waals surface area contributed by atoms with E-state index in [0.717, 1.165) is 0 Å². The van der Waals surface area contributed by atoms with Gasteiger partial charge in [0.1, 0.15) is 24.1 Å². The van der Waals surface area contributed by atoms with Gasteiger partial charge in [-0.25, -0.2) is 4.98 Å². The molecule has 1 aliphatic rings. The summed E-state index contributed by atoms with van der Waals surface area (Å²) in [4.78, 5) is 3.86. The van der Waals surface area contributed by atoms with Crippen molar-refractivity contribution in [3.63, 3.8) is 0 Å². The molecule has 66 valence electrons. The molecule has 2 rings (SSSR count). The van der Waals surface area contributed by atoms with E-state index >= 15 is 0 Å². The summed E-state index contributed by atoms with van der Waals surface area (Å²) >= 11 is 0. The van der Waals surface area contributed by atoms with Gasteiger partial charge in [0.15, 0.2) is 0 Å². The van der Waals surface area contributed by atoms with E-state index in [-0.39, 0.29) is 6.54 Å². The van der Waals surface area contributed by atoms with Crippen molar-refractivity contribution in [2.24, 2.45) is 0 Å². The van der Waals surface area contributed by atoms with Crippen LogP contribution in [0.2, 0.25) is 0 Å². The van der Waals surface area contributed by atoms with Crippen molar-refractivity contribution in [2.45, 2.75) is 24.9 Å². The lowest BCUT2D eigenvalue weighted by atomic mass is 10.0. The molecule has 5 heteroatoms. The standard InChI is InChI=1S/C7H10N2O3/c10-4-3-9-2-1-8-7(9)6(12)5(4)11/h1-2,4-6,10-12H,3H2/t4-,5-,6-/m0/s1. The van der Waals surface area contributed by atoms with Gasteiger partial charge >= 0.3 is 0 Å². The van der Waals surface area contributed by atoms with Crippen molar-refractivity contribution in [1.82, 2.24) is 9.55 Å². The van der Waals surface area contributed by atoms with Gasteiger partial charge in [0.2, 0.25) is 0 Å². The third-order valence-electron chi connectivity index (χ3n) is 2.11. The van der Waals surface area contributed by atoms with Gasteiger partial charge in [-0.2, -0.15) is 0 Å². The van der Waals surface area contributed by atoms with Crippen LogP contribution in [-0.2, 0) is 6.54 Å². The summed E-state index contributed by atoms with van der Waals surface area (Å²) in [6, 6.07) is 0. The number of nitrogens with zero attached hydrogens (tertiary/aromatic N) is 2. The highest BCUT2D eigenvalue weighted by molar-refractivity contribution is 5.04. The van der Waals surface area contributed by atoms with Crippen LogP contribution in [0.15, 0.2) is 12.4 Å². The highest BCUT2D eigenvalue weighted by atomic mass is 16.4. The third kappa shape index (κ3) is 0.945. The molecule has 3 atom stereocenters. The van der Waals surface area contributed by atoms with Crippen molar-refractivity contribution in [3.8, 4) is 0 Å². The fourth-order valence-corrected chi connectivity index (χ4v) is 1.41. The lowest BCUT2D eigenvalue weighted by Gasteiger charge is -2.28. The number of fused-ring (bicyclic) bond motifs is 1. The second-order valence-electron chi connectivity index (χ2n) is 2.94. The molecule has 0 aromatic carbocycles. The summed E-state index contributed by atoms with van der Waals surface area (Å²) < 4.78 is 1.63. The first-order chi connectivity index (χ1) is 5.70. The molecule has 0 fully saturated rings. The van der Waals surface area contributed by atoms with Gasteiger partial charge in [-0.1, -0.05) is 0 Å². The monoisotopic (exact) mass is 170 g/mol. The summed E-state index contributed by atoms with van der Waals surface area (Å²) in [5, 5.41) is 27.9. The number of hydrogen-bond donors (Lipinski definition) is 3. The first kappa shape index (κ1) is 7.72. The van der Waals surface area contributed by atoms with Crippen molar-refractivity contribution in [2.75, 3.05) is 0 Å². The minimum absolute atomic E-state index is 0.285. The first-order valence-corrected chi connectivity index (χ1v) is 3.75. The van der Waals surface area contributed by atoms with Gasteiger partial charge in [0.05, 0.1) is 6.54 Å². The van der Waals surface area contributed by atoms with Crippen LogP contribution in [0.3, 0.4) is 0 Å². The molecule has 0 saturated heterocycles. The Hall–Kier alpha value is -0.910. The predicted molar refractivity (Wildman–Crippen MR) is 39.2 cm³/mol. The van der Waals surface area contributed by atoms with Gasteiger partial charge in [-0.3, -0.25) is 0 Å². The molecule has 1 aliphatic heterocycles. The van der Waals surface area contributed by atoms with Crippen LogP contribution in [0, 0.1) is 0 Å². The summed E-state index contributed by atoms with van der Waals surface area (Å²) in [5.74, 6) is 0.410. The molecular weight excluding hydrogens is 160 g/mol. The Morgan fingerprint density at radius 1 is 1.42 bits per heavy atom. The second-order valence-corrected chi connectivity index (χ2v) is 2.94. The summed E-state index contributed by atoms with van der Waals surface area (Å²) in [6.07, 6.45) is 0.0714. The zero-order chi connectivity index (χ0) is 8.72. The van der Waals surface area contributed by atoms with E-state index in [1.807, 2.05) is 0 Å². The summed E-state index contributed by atoms with van der Waals surface area (Å²) in [6.45, 7) is 0.285. The Labute approximate surface area is 68.9 Å². The van der Waals surface area contributed by atoms with Crippen LogP contribution in [0.25, 0.3) is 0 Å². The smallest absolute Gasteiger partial charge is 0.140 e. The third-order valence-corrected chi connectivity index (χ3v) is 2.11. The number of hydrogen-bond acceptors (Lipinski definition) is 4. The molecule has 5 nitrogen and oxygen atoms in total. The van der Waals surface area contributed by atoms with Crippen LogP contribution in [0.1, 0.15) is 11.9 Å². The largest absolute Gasteiger partial charge is 0.388 e. The van der Waals surface area contributed by atoms with E-state index in [1.165, 1.54) is 6.20 Å². The SMILES string of the molecule is O[C@@H]1[C@H](O)c2nccn2C[C@@H]1O. The topological polar surface area (TPSA) is 78.5 Å². The zero-order valence-electron chi connectivity index (χ0n) is 6.33. The molecule has 2 heterocycles. The average Bonchev–Trinajstić information content (AvgIpc) is 2.48. The van der Waals surface area contributed by atoms with Crippen molar-refractivity contribution in [1.29, 1.82) is 0 Å². The molecule has 0 radical (unpaired) electrons. The Bertz CT molecular complexity index is 286. The fourth-order valence-electron chi connectivity index (χ4n) is 1.41. The van der Waals surface area contributed by atoms with E-state index < -0.39 is 18.3 Å². The average molecular weight is 170 g/mol. The van der Waals surface area contributed by atoms with Crippen LogP contribution >= 0.6 is 0 Å². The van der Waals surface area contributed by atoms with Crippen LogP contribution < -0.4 is 0 Å². The molecule has 0 bridgehead atoms. The van der Waals surface area contributed by atoms with Crippen molar-refractivity contribution >= 4 is 0 Å². The van der Waals surface area contributed by atoms with Crippen molar-refractivity contribution in [3.05, 3.63) is 18.2 Å². The maximum atomic E-state index is 9.40. The van der Waals surface area contributed by atoms with E-state index in [0.29, 0.717) is 5.82 Å². The highest BCUT2D eigenvalue weighted by Crippen LogP contribution is 2.23. The first-order valence-electron chi connectivity index (χ1n) is 3.75. The van der Waals surface area contributed by atoms with Gasteiger partial charge in [0, 0.05) is 12.4 Å². The minimum Gasteiger partial charge on any atom is -0.388 e. The number of aliphatic hydroxyl groups excluding tert-OH is 3. The fraction of sp³-hybridized carbons (Fsp3) is 0.571. The quantitative estimate of drug-likeness (QED) is 0.450. The van der Waals surface area contributed by atoms with Crippen molar-refractivity contribution < 1.29 is 15.3 Å². The van der Waals surface area contributed by atoms with Crippen LogP contribution in [0.5, 0.6) is 0 Å². The molecule has 0 spiro atoms. The molecule has 0 unspecified atom stereocenters. The molecular formula is C7H10N2O3. The molecule has 0 aliphatic carbocycles. The predicted octanol–water partition coefficient (Wildman–Crippen LogP) is -1.35. The van der Waals surface area contributed by atoms with Gasteiger partial charge < -0.3 is 19.9 Å². The lowest BCUT2D eigenvalue weighted by Crippen LogP contribution is -2.41. The maximum Gasteiger partial charge on any atom is 0.140 e. The number of imidazole rings is 1. The number of aromatic nitrogens is 2. The Kier molecular flexibility index (Phi) is 1.64. The summed E-state index contributed by atoms with van der Waals surface area (Å²) in [5.41, 5.74) is 0. The van der Waals surface area contributed by atoms with E-state index in [2.05, 4.69) is 4.98 Å². The van der Waals surface area contributed by atoms with Crippen LogP contribution in [-0.4, -0.2) is 37.1 Å². The molecule has 12 heavy (non-hydrogen) atoms. The van der Waals surface area contributed by atoms with Gasteiger partial charge in [-0.05, 0) is 0 Å². The van der Waals surface area contributed by atoms with E-state index in [9.17, 15) is 15.3 Å². The molecule has 3 N–H and O–H groups in total. The Morgan fingerprint density at radius 3 is 2.92 bits per heavy atom. The number of rotatable bonds is 0. The van der Waals surface area contributed by atoms with E-state index in [4.69, 9.17) is 0 Å². The molecule has 0 saturated carbocycles. The van der Waals surface area contributed by atoms with E-state index in [1.54, 1.807) is 10.8 Å². The lowest BCUT2D eigenvalue weighted by molar-refractivity contribution is -0.0854. The maximum absolute atomic E-state index is 9.40. The Morgan fingerprint density at radius 2 is 2.17 bits per heavy atom. The Balaban J connectivity index is 2.39.